The summed E-state index contributed by atoms with van der Waals surface area (Å²) in [7, 11) is 0. The molecule has 2 saturated carbocycles. The van der Waals surface area contributed by atoms with Gasteiger partial charge in [-0.3, -0.25) is 14.9 Å². The maximum absolute atomic E-state index is 11.9. The number of nitrogens with one attached hydrogen (secondary N) is 2. The van der Waals surface area contributed by atoms with Crippen molar-refractivity contribution < 1.29 is 14.4 Å². The van der Waals surface area contributed by atoms with Crippen molar-refractivity contribution in [2.24, 2.45) is 32.7 Å². The fraction of sp³-hybridized carbons (Fsp3) is 0.688. The number of hydrogen-bond acceptors (Lipinski definition) is 6. The quantitative estimate of drug-likeness (QED) is 0.653. The van der Waals surface area contributed by atoms with Gasteiger partial charge in [0.2, 0.25) is 11.8 Å². The molecule has 2 bridgehead atoms. The van der Waals surface area contributed by atoms with Crippen LogP contribution in [-0.4, -0.2) is 34.0 Å². The standard InChI is InChI=1S/C16H23N5O3S/c1-15(2)8-4-5-16(15,3)10(6-8)20-21-14-19-12(23)9(25-14)7-11(22)18-13(17)24/h8-9H,4-7H2,1-3H3,(H,19,21,23)(H3,17,18,22,24)/b20-10-/t8-,9-,16+/m1/s1. The summed E-state index contributed by atoms with van der Waals surface area (Å²) in [4.78, 5) is 34.2. The molecular weight excluding hydrogens is 342 g/mol. The number of primary amides is 1. The van der Waals surface area contributed by atoms with Gasteiger partial charge in [0.15, 0.2) is 5.17 Å². The molecular formula is C16H23N5O3S. The number of carbonyl (C=O) groups is 3. The molecule has 1 aliphatic heterocycles. The predicted octanol–water partition coefficient (Wildman–Crippen LogP) is 1.36. The first-order valence-corrected chi connectivity index (χ1v) is 9.23. The van der Waals surface area contributed by atoms with Gasteiger partial charge in [-0.15, -0.1) is 5.10 Å². The van der Waals surface area contributed by atoms with Crippen molar-refractivity contribution in [3.63, 3.8) is 0 Å². The lowest BCUT2D eigenvalue weighted by Gasteiger charge is -2.34. The molecule has 1 heterocycles. The lowest BCUT2D eigenvalue weighted by Crippen LogP contribution is -2.37. The highest BCUT2D eigenvalue weighted by atomic mass is 32.2. The molecule has 8 nitrogen and oxygen atoms in total. The lowest BCUT2D eigenvalue weighted by molar-refractivity contribution is -0.124. The van der Waals surface area contributed by atoms with Gasteiger partial charge in [-0.2, -0.15) is 5.10 Å². The van der Waals surface area contributed by atoms with Crippen LogP contribution in [0.4, 0.5) is 4.79 Å². The van der Waals surface area contributed by atoms with Crippen molar-refractivity contribution in [2.45, 2.75) is 51.7 Å². The summed E-state index contributed by atoms with van der Waals surface area (Å²) in [5, 5.41) is 13.0. The smallest absolute Gasteiger partial charge is 0.318 e. The molecule has 0 aromatic rings. The summed E-state index contributed by atoms with van der Waals surface area (Å²) in [6.45, 7) is 6.83. The maximum Gasteiger partial charge on any atom is 0.318 e. The molecule has 3 aliphatic rings. The van der Waals surface area contributed by atoms with E-state index in [1.54, 1.807) is 0 Å². The zero-order valence-electron chi connectivity index (χ0n) is 14.6. The van der Waals surface area contributed by atoms with Crippen LogP contribution < -0.4 is 16.4 Å². The third kappa shape index (κ3) is 3.05. The molecule has 9 heteroatoms. The van der Waals surface area contributed by atoms with Crippen molar-refractivity contribution in [3.8, 4) is 0 Å². The summed E-state index contributed by atoms with van der Waals surface area (Å²) in [6.07, 6.45) is 3.15. The monoisotopic (exact) mass is 365 g/mol. The molecule has 25 heavy (non-hydrogen) atoms. The second kappa shape index (κ2) is 6.12. The van der Waals surface area contributed by atoms with E-state index in [-0.39, 0.29) is 23.2 Å². The molecule has 4 N–H and O–H groups in total. The Bertz CT molecular complexity index is 702. The molecule has 3 rings (SSSR count). The topological polar surface area (TPSA) is 126 Å². The summed E-state index contributed by atoms with van der Waals surface area (Å²) < 4.78 is 0. The highest BCUT2D eigenvalue weighted by Gasteiger charge is 2.60. The van der Waals surface area contributed by atoms with Crippen molar-refractivity contribution in [2.75, 3.05) is 0 Å². The number of nitrogens with two attached hydrogens (primary N) is 1. The van der Waals surface area contributed by atoms with E-state index in [4.69, 9.17) is 5.73 Å². The summed E-state index contributed by atoms with van der Waals surface area (Å²) in [5.41, 5.74) is 6.25. The van der Waals surface area contributed by atoms with Crippen LogP contribution in [0.3, 0.4) is 0 Å². The molecule has 0 spiro atoms. The van der Waals surface area contributed by atoms with Crippen molar-refractivity contribution >= 4 is 40.5 Å². The molecule has 4 amide bonds. The normalized spacial score (nSPS) is 36.0. The first-order valence-electron chi connectivity index (χ1n) is 8.35. The van der Waals surface area contributed by atoms with E-state index in [2.05, 4.69) is 36.3 Å². The minimum absolute atomic E-state index is 0.0514. The fourth-order valence-electron chi connectivity index (χ4n) is 4.13. The highest BCUT2D eigenvalue weighted by molar-refractivity contribution is 8.15. The second-order valence-corrected chi connectivity index (χ2v) is 8.85. The predicted molar refractivity (Wildman–Crippen MR) is 96.0 cm³/mol. The fourth-order valence-corrected chi connectivity index (χ4v) is 5.05. The molecule has 0 aromatic carbocycles. The molecule has 3 fully saturated rings. The van der Waals surface area contributed by atoms with E-state index >= 15 is 0 Å². The average molecular weight is 365 g/mol. The molecule has 1 saturated heterocycles. The van der Waals surface area contributed by atoms with Crippen LogP contribution >= 0.6 is 11.8 Å². The third-order valence-electron chi connectivity index (χ3n) is 6.18. The molecule has 0 unspecified atom stereocenters. The number of fused-ring (bicyclic) bond motifs is 2. The van der Waals surface area contributed by atoms with Crippen LogP contribution in [-0.2, 0) is 9.59 Å². The van der Waals surface area contributed by atoms with Gasteiger partial charge in [0.1, 0.15) is 5.25 Å². The first kappa shape index (κ1) is 17.9. The van der Waals surface area contributed by atoms with Crippen LogP contribution in [0.2, 0.25) is 0 Å². The molecule has 2 aliphatic carbocycles. The Balaban J connectivity index is 1.67. The van der Waals surface area contributed by atoms with E-state index in [0.717, 1.165) is 30.3 Å². The van der Waals surface area contributed by atoms with Gasteiger partial charge in [0.25, 0.3) is 0 Å². The number of carbonyl (C=O) groups excluding carboxylic acids is 3. The molecule has 3 atom stereocenters. The number of amides is 4. The number of hydrogen-bond donors (Lipinski definition) is 3. The second-order valence-electron chi connectivity index (χ2n) is 7.66. The molecule has 0 aromatic heterocycles. The minimum Gasteiger partial charge on any atom is -0.351 e. The van der Waals surface area contributed by atoms with Gasteiger partial charge in [0, 0.05) is 17.5 Å². The zero-order valence-corrected chi connectivity index (χ0v) is 15.4. The van der Waals surface area contributed by atoms with Gasteiger partial charge in [-0.05, 0) is 30.6 Å². The third-order valence-corrected chi connectivity index (χ3v) is 7.26. The molecule has 136 valence electrons. The number of thioether (sulfide) groups is 1. The van der Waals surface area contributed by atoms with Crippen LogP contribution in [0, 0.1) is 16.7 Å². The van der Waals surface area contributed by atoms with Crippen molar-refractivity contribution in [3.05, 3.63) is 0 Å². The highest BCUT2D eigenvalue weighted by Crippen LogP contribution is 2.64. The van der Waals surface area contributed by atoms with Crippen LogP contribution in [0.1, 0.15) is 46.5 Å². The summed E-state index contributed by atoms with van der Waals surface area (Å²) in [6, 6.07) is -0.930. The first-order chi connectivity index (χ1) is 11.6. The van der Waals surface area contributed by atoms with Gasteiger partial charge >= 0.3 is 6.03 Å². The van der Waals surface area contributed by atoms with Gasteiger partial charge in [-0.25, -0.2) is 4.79 Å². The van der Waals surface area contributed by atoms with Gasteiger partial charge < -0.3 is 11.1 Å². The van der Waals surface area contributed by atoms with Gasteiger partial charge in [0.05, 0.1) is 0 Å². The number of rotatable bonds is 3. The Kier molecular flexibility index (Phi) is 4.38. The average Bonchev–Trinajstić information content (AvgIpc) is 3.01. The van der Waals surface area contributed by atoms with Crippen LogP contribution in [0.5, 0.6) is 0 Å². The Labute approximate surface area is 150 Å². The number of amidine groups is 1. The van der Waals surface area contributed by atoms with Crippen molar-refractivity contribution in [1.29, 1.82) is 0 Å². The Morgan fingerprint density at radius 1 is 1.36 bits per heavy atom. The van der Waals surface area contributed by atoms with Crippen LogP contribution in [0.15, 0.2) is 10.2 Å². The number of nitrogens with zero attached hydrogens (tertiary/aromatic N) is 2. The number of imide groups is 1. The van der Waals surface area contributed by atoms with E-state index < -0.39 is 17.2 Å². The largest absolute Gasteiger partial charge is 0.351 e. The van der Waals surface area contributed by atoms with Crippen LogP contribution in [0.25, 0.3) is 0 Å². The maximum atomic E-state index is 11.9. The van der Waals surface area contributed by atoms with Gasteiger partial charge in [-0.1, -0.05) is 32.5 Å². The lowest BCUT2D eigenvalue weighted by atomic mass is 9.70. The van der Waals surface area contributed by atoms with Crippen molar-refractivity contribution in [1.82, 2.24) is 10.6 Å². The Morgan fingerprint density at radius 3 is 2.64 bits per heavy atom. The summed E-state index contributed by atoms with van der Waals surface area (Å²) in [5.74, 6) is -0.273. The van der Waals surface area contributed by atoms with E-state index in [9.17, 15) is 14.4 Å². The SMILES string of the molecule is CC1(C)[C@@H]2CC[C@@]1(C)/C(=N\N=C1NC(=O)[C@@H](CC(=O)NC(N)=O)S1)C2. The summed E-state index contributed by atoms with van der Waals surface area (Å²) >= 11 is 1.15. The zero-order chi connectivity index (χ0) is 18.4. The molecule has 0 radical (unpaired) electrons. The van der Waals surface area contributed by atoms with E-state index in [0.29, 0.717) is 11.1 Å². The van der Waals surface area contributed by atoms with E-state index in [1.165, 1.54) is 6.42 Å². The number of urea groups is 1. The minimum atomic E-state index is -0.930. The Hall–Kier alpha value is -1.90. The van der Waals surface area contributed by atoms with E-state index in [1.807, 2.05) is 5.32 Å². The Morgan fingerprint density at radius 2 is 2.08 bits per heavy atom.